The number of hydrogen-bond donors (Lipinski definition) is 2. The topological polar surface area (TPSA) is 61.4 Å². The Morgan fingerprint density at radius 1 is 1.43 bits per heavy atom. The number of nitrogens with zero attached hydrogens (tertiary/aromatic N) is 1. The molecule has 1 aliphatic heterocycles. The van der Waals surface area contributed by atoms with Crippen LogP contribution in [-0.2, 0) is 9.59 Å². The van der Waals surface area contributed by atoms with Crippen LogP contribution in [0.5, 0.6) is 0 Å². The van der Waals surface area contributed by atoms with E-state index in [0.717, 1.165) is 0 Å². The first-order valence-corrected chi connectivity index (χ1v) is 7.32. The van der Waals surface area contributed by atoms with E-state index in [-0.39, 0.29) is 30.9 Å². The van der Waals surface area contributed by atoms with Crippen molar-refractivity contribution < 1.29 is 9.59 Å². The molecule has 0 aromatic heterocycles. The predicted molar refractivity (Wildman–Crippen MR) is 81.9 cm³/mol. The summed E-state index contributed by atoms with van der Waals surface area (Å²) in [4.78, 5) is 25.0. The zero-order chi connectivity index (χ0) is 15.4. The van der Waals surface area contributed by atoms with E-state index < -0.39 is 0 Å². The van der Waals surface area contributed by atoms with Crippen LogP contribution < -0.4 is 10.6 Å². The van der Waals surface area contributed by atoms with Crippen molar-refractivity contribution in [2.45, 2.75) is 26.8 Å². The largest absolute Gasteiger partial charge is 0.353 e. The van der Waals surface area contributed by atoms with Gasteiger partial charge in [-0.3, -0.25) is 9.59 Å². The first-order valence-electron chi connectivity index (χ1n) is 7.32. The first-order chi connectivity index (χ1) is 9.97. The molecule has 1 aliphatic rings. The Hall–Kier alpha value is -1.88. The van der Waals surface area contributed by atoms with Crippen LogP contribution in [0.2, 0.25) is 0 Å². The maximum atomic E-state index is 12.1. The summed E-state index contributed by atoms with van der Waals surface area (Å²) in [6.07, 6.45) is 0. The highest BCUT2D eigenvalue weighted by atomic mass is 16.2. The van der Waals surface area contributed by atoms with E-state index in [0.29, 0.717) is 13.1 Å². The highest BCUT2D eigenvalue weighted by Gasteiger charge is 2.21. The fourth-order valence-corrected chi connectivity index (χ4v) is 2.54. The number of benzene rings is 1. The Morgan fingerprint density at radius 2 is 2.19 bits per heavy atom. The van der Waals surface area contributed by atoms with Gasteiger partial charge in [-0.25, -0.2) is 0 Å². The molecule has 1 aromatic rings. The summed E-state index contributed by atoms with van der Waals surface area (Å²) in [5.41, 5.74) is 3.63. The van der Waals surface area contributed by atoms with Gasteiger partial charge in [-0.15, -0.1) is 0 Å². The molecule has 1 atom stereocenters. The average Bonchev–Trinajstić information content (AvgIpc) is 2.47. The minimum absolute atomic E-state index is 0.0259. The molecule has 2 rings (SSSR count). The van der Waals surface area contributed by atoms with Crippen LogP contribution >= 0.6 is 0 Å². The van der Waals surface area contributed by atoms with E-state index in [4.69, 9.17) is 0 Å². The van der Waals surface area contributed by atoms with E-state index in [2.05, 4.69) is 49.6 Å². The third-order valence-electron chi connectivity index (χ3n) is 3.85. The molecule has 2 amide bonds. The Morgan fingerprint density at radius 3 is 2.90 bits per heavy atom. The lowest BCUT2D eigenvalue weighted by Crippen LogP contribution is -2.52. The van der Waals surface area contributed by atoms with Crippen molar-refractivity contribution in [3.8, 4) is 0 Å². The van der Waals surface area contributed by atoms with Gasteiger partial charge in [-0.2, -0.15) is 0 Å². The smallest absolute Gasteiger partial charge is 0.239 e. The zero-order valence-corrected chi connectivity index (χ0v) is 12.9. The fourth-order valence-electron chi connectivity index (χ4n) is 2.54. The minimum atomic E-state index is -0.0859. The molecule has 0 saturated carbocycles. The van der Waals surface area contributed by atoms with Crippen LogP contribution in [0, 0.1) is 13.8 Å². The molecule has 0 radical (unpaired) electrons. The van der Waals surface area contributed by atoms with Crippen molar-refractivity contribution in [3.05, 3.63) is 34.9 Å². The lowest BCUT2D eigenvalue weighted by molar-refractivity contribution is -0.137. The molecular weight excluding hydrogens is 266 g/mol. The van der Waals surface area contributed by atoms with Crippen LogP contribution in [0.25, 0.3) is 0 Å². The predicted octanol–water partition coefficient (Wildman–Crippen LogP) is 0.912. The highest BCUT2D eigenvalue weighted by Crippen LogP contribution is 2.18. The van der Waals surface area contributed by atoms with E-state index in [1.54, 1.807) is 4.90 Å². The van der Waals surface area contributed by atoms with E-state index in [1.807, 2.05) is 0 Å². The van der Waals surface area contributed by atoms with Gasteiger partial charge in [0.1, 0.15) is 0 Å². The van der Waals surface area contributed by atoms with Crippen LogP contribution in [-0.4, -0.2) is 42.9 Å². The molecule has 0 unspecified atom stereocenters. The molecule has 5 heteroatoms. The molecule has 1 saturated heterocycles. The summed E-state index contributed by atoms with van der Waals surface area (Å²) in [5.74, 6) is -0.112. The Kier molecular flexibility index (Phi) is 4.96. The summed E-state index contributed by atoms with van der Waals surface area (Å²) in [6.45, 7) is 7.73. The zero-order valence-electron chi connectivity index (χ0n) is 12.9. The Bertz CT molecular complexity index is 542. The van der Waals surface area contributed by atoms with Crippen LogP contribution in [0.15, 0.2) is 18.2 Å². The Balaban J connectivity index is 1.91. The molecule has 0 spiro atoms. The number of amides is 2. The fraction of sp³-hybridized carbons (Fsp3) is 0.500. The van der Waals surface area contributed by atoms with Gasteiger partial charge in [-0.1, -0.05) is 23.8 Å². The maximum Gasteiger partial charge on any atom is 0.239 e. The number of nitrogens with one attached hydrogen (secondary N) is 2. The molecule has 1 heterocycles. The van der Waals surface area contributed by atoms with Gasteiger partial charge in [0.05, 0.1) is 13.1 Å². The third-order valence-corrected chi connectivity index (χ3v) is 3.85. The van der Waals surface area contributed by atoms with Crippen molar-refractivity contribution in [3.63, 3.8) is 0 Å². The van der Waals surface area contributed by atoms with Gasteiger partial charge >= 0.3 is 0 Å². The van der Waals surface area contributed by atoms with Crippen LogP contribution in [0.1, 0.15) is 29.7 Å². The van der Waals surface area contributed by atoms with Crippen molar-refractivity contribution in [1.29, 1.82) is 0 Å². The highest BCUT2D eigenvalue weighted by molar-refractivity contribution is 5.86. The second-order valence-electron chi connectivity index (χ2n) is 5.63. The Labute approximate surface area is 125 Å². The maximum absolute atomic E-state index is 12.1. The van der Waals surface area contributed by atoms with E-state index in [9.17, 15) is 9.59 Å². The van der Waals surface area contributed by atoms with Crippen LogP contribution in [0.3, 0.4) is 0 Å². The molecule has 114 valence electrons. The number of hydrogen-bond acceptors (Lipinski definition) is 3. The quantitative estimate of drug-likeness (QED) is 0.866. The van der Waals surface area contributed by atoms with E-state index in [1.165, 1.54) is 16.7 Å². The summed E-state index contributed by atoms with van der Waals surface area (Å²) in [6, 6.07) is 6.43. The molecule has 1 aromatic carbocycles. The third kappa shape index (κ3) is 4.04. The van der Waals surface area contributed by atoms with Crippen molar-refractivity contribution in [1.82, 2.24) is 15.5 Å². The molecule has 0 bridgehead atoms. The van der Waals surface area contributed by atoms with Crippen molar-refractivity contribution >= 4 is 11.8 Å². The second-order valence-corrected chi connectivity index (χ2v) is 5.63. The summed E-state index contributed by atoms with van der Waals surface area (Å²) < 4.78 is 0. The minimum Gasteiger partial charge on any atom is -0.353 e. The number of carbonyl (C=O) groups is 2. The van der Waals surface area contributed by atoms with E-state index >= 15 is 0 Å². The standard InChI is InChI=1S/C16H23N3O2/c1-11-4-5-12(2)14(8-11)13(3)18-9-16(21)19-7-6-17-15(20)10-19/h4-5,8,13,18H,6-7,9-10H2,1-3H3,(H,17,20)/t13-/m1/s1. The van der Waals surface area contributed by atoms with Gasteiger partial charge in [0.25, 0.3) is 0 Å². The number of aryl methyl sites for hydroxylation is 2. The van der Waals surface area contributed by atoms with Gasteiger partial charge in [-0.05, 0) is 31.9 Å². The summed E-state index contributed by atoms with van der Waals surface area (Å²) >= 11 is 0. The first kappa shape index (κ1) is 15.5. The molecule has 21 heavy (non-hydrogen) atoms. The van der Waals surface area contributed by atoms with Crippen molar-refractivity contribution in [2.75, 3.05) is 26.2 Å². The second kappa shape index (κ2) is 6.72. The molecule has 2 N–H and O–H groups in total. The molecule has 5 nitrogen and oxygen atoms in total. The van der Waals surface area contributed by atoms with Gasteiger partial charge < -0.3 is 15.5 Å². The monoisotopic (exact) mass is 289 g/mol. The lowest BCUT2D eigenvalue weighted by Gasteiger charge is -2.27. The number of carbonyl (C=O) groups excluding carboxylic acids is 2. The van der Waals surface area contributed by atoms with Gasteiger partial charge in [0.2, 0.25) is 11.8 Å². The van der Waals surface area contributed by atoms with Gasteiger partial charge in [0.15, 0.2) is 0 Å². The van der Waals surface area contributed by atoms with Gasteiger partial charge in [0, 0.05) is 19.1 Å². The molecule has 1 fully saturated rings. The normalized spacial score (nSPS) is 16.5. The summed E-state index contributed by atoms with van der Waals surface area (Å²) in [5, 5.41) is 5.97. The molecular formula is C16H23N3O2. The number of piperazine rings is 1. The van der Waals surface area contributed by atoms with Crippen molar-refractivity contribution in [2.24, 2.45) is 0 Å². The van der Waals surface area contributed by atoms with Crippen LogP contribution in [0.4, 0.5) is 0 Å². The summed E-state index contributed by atoms with van der Waals surface area (Å²) in [7, 11) is 0. The SMILES string of the molecule is Cc1ccc(C)c([C@@H](C)NCC(=O)N2CCNC(=O)C2)c1. The molecule has 0 aliphatic carbocycles. The average molecular weight is 289 g/mol. The lowest BCUT2D eigenvalue weighted by atomic mass is 10.00. The number of rotatable bonds is 4.